The fourth-order valence-electron chi connectivity index (χ4n) is 2.38. The maximum Gasteiger partial charge on any atom is 0.133 e. The van der Waals surface area contributed by atoms with Gasteiger partial charge in [-0.15, -0.1) is 11.8 Å². The van der Waals surface area contributed by atoms with Crippen LogP contribution in [-0.4, -0.2) is 19.0 Å². The summed E-state index contributed by atoms with van der Waals surface area (Å²) in [5.74, 6) is 1.80. The lowest BCUT2D eigenvalue weighted by Gasteiger charge is -2.30. The Kier molecular flexibility index (Phi) is 4.03. The number of thioether (sulfide) groups is 1. The summed E-state index contributed by atoms with van der Waals surface area (Å²) >= 11 is 1.70. The Morgan fingerprint density at radius 1 is 1.33 bits per heavy atom. The normalized spacial score (nSPS) is 18.5. The third-order valence-electron chi connectivity index (χ3n) is 3.48. The summed E-state index contributed by atoms with van der Waals surface area (Å²) in [4.78, 5) is 1.10. The second-order valence-electron chi connectivity index (χ2n) is 4.83. The van der Waals surface area contributed by atoms with Crippen LogP contribution >= 0.6 is 11.8 Å². The Morgan fingerprint density at radius 2 is 2.14 bits per heavy atom. The van der Waals surface area contributed by atoms with Gasteiger partial charge in [0.25, 0.3) is 0 Å². The van der Waals surface area contributed by atoms with E-state index in [1.807, 2.05) is 24.3 Å². The summed E-state index contributed by atoms with van der Waals surface area (Å²) in [6, 6.07) is 11.8. The van der Waals surface area contributed by atoms with Crippen molar-refractivity contribution in [2.75, 3.05) is 12.9 Å². The molecule has 2 unspecified atom stereocenters. The van der Waals surface area contributed by atoms with Gasteiger partial charge in [-0.05, 0) is 30.3 Å². The van der Waals surface area contributed by atoms with Crippen molar-refractivity contribution in [2.24, 2.45) is 5.73 Å². The zero-order valence-electron chi connectivity index (χ0n) is 11.6. The summed E-state index contributed by atoms with van der Waals surface area (Å²) in [6.45, 7) is 0. The number of halogens is 1. The van der Waals surface area contributed by atoms with Crippen LogP contribution in [0.25, 0.3) is 0 Å². The Balaban J connectivity index is 1.87. The molecule has 0 radical (unpaired) electrons. The van der Waals surface area contributed by atoms with Crippen molar-refractivity contribution in [3.8, 4) is 11.5 Å². The highest BCUT2D eigenvalue weighted by molar-refractivity contribution is 7.99. The summed E-state index contributed by atoms with van der Waals surface area (Å²) < 4.78 is 24.7. The van der Waals surface area contributed by atoms with Crippen molar-refractivity contribution >= 4 is 11.8 Å². The number of hydrogen-bond acceptors (Lipinski definition) is 4. The maximum atomic E-state index is 13.5. The van der Waals surface area contributed by atoms with E-state index in [4.69, 9.17) is 15.2 Å². The van der Waals surface area contributed by atoms with E-state index >= 15 is 0 Å². The fourth-order valence-corrected chi connectivity index (χ4v) is 3.43. The van der Waals surface area contributed by atoms with Gasteiger partial charge in [-0.2, -0.15) is 0 Å². The molecule has 0 fully saturated rings. The lowest BCUT2D eigenvalue weighted by atomic mass is 10.0. The van der Waals surface area contributed by atoms with Crippen LogP contribution in [-0.2, 0) is 0 Å². The van der Waals surface area contributed by atoms with Crippen molar-refractivity contribution in [2.45, 2.75) is 17.0 Å². The van der Waals surface area contributed by atoms with Crippen LogP contribution in [0, 0.1) is 5.82 Å². The smallest absolute Gasteiger partial charge is 0.133 e. The van der Waals surface area contributed by atoms with Crippen LogP contribution in [0.15, 0.2) is 47.4 Å². The van der Waals surface area contributed by atoms with E-state index in [0.717, 1.165) is 16.4 Å². The summed E-state index contributed by atoms with van der Waals surface area (Å²) in [6.07, 6.45) is -0.222. The van der Waals surface area contributed by atoms with Gasteiger partial charge in [-0.3, -0.25) is 0 Å². The van der Waals surface area contributed by atoms with Crippen LogP contribution < -0.4 is 15.2 Å². The highest BCUT2D eigenvalue weighted by atomic mass is 32.2. The molecular formula is C16H16FNO2S. The predicted octanol–water partition coefficient (Wildman–Crippen LogP) is 3.39. The number of rotatable bonds is 3. The van der Waals surface area contributed by atoms with E-state index in [9.17, 15) is 4.39 Å². The largest absolute Gasteiger partial charge is 0.496 e. The van der Waals surface area contributed by atoms with Crippen LogP contribution in [0.5, 0.6) is 11.5 Å². The minimum absolute atomic E-state index is 0.222. The molecule has 0 spiro atoms. The molecule has 1 heterocycles. The van der Waals surface area contributed by atoms with Gasteiger partial charge in [0.2, 0.25) is 0 Å². The second kappa shape index (κ2) is 5.95. The number of ether oxygens (including phenoxy) is 2. The Morgan fingerprint density at radius 3 is 2.95 bits per heavy atom. The van der Waals surface area contributed by atoms with E-state index in [0.29, 0.717) is 11.3 Å². The van der Waals surface area contributed by atoms with Crippen LogP contribution in [0.1, 0.15) is 11.6 Å². The lowest BCUT2D eigenvalue weighted by Crippen LogP contribution is -2.35. The van der Waals surface area contributed by atoms with Gasteiger partial charge in [-0.25, -0.2) is 4.39 Å². The van der Waals surface area contributed by atoms with Gasteiger partial charge < -0.3 is 15.2 Å². The molecule has 2 aromatic rings. The van der Waals surface area contributed by atoms with Crippen LogP contribution in [0.3, 0.4) is 0 Å². The number of methoxy groups -OCH3 is 1. The van der Waals surface area contributed by atoms with E-state index in [-0.39, 0.29) is 11.9 Å². The molecule has 0 aliphatic carbocycles. The molecule has 0 saturated heterocycles. The van der Waals surface area contributed by atoms with Crippen molar-refractivity contribution < 1.29 is 13.9 Å². The number of para-hydroxylation sites is 1. The van der Waals surface area contributed by atoms with E-state index in [2.05, 4.69) is 0 Å². The number of fused-ring (bicyclic) bond motifs is 1. The highest BCUT2D eigenvalue weighted by Crippen LogP contribution is 2.39. The lowest BCUT2D eigenvalue weighted by molar-refractivity contribution is 0.183. The van der Waals surface area contributed by atoms with Crippen LogP contribution in [0.4, 0.5) is 4.39 Å². The monoisotopic (exact) mass is 305 g/mol. The predicted molar refractivity (Wildman–Crippen MR) is 81.5 cm³/mol. The second-order valence-corrected chi connectivity index (χ2v) is 5.89. The Bertz CT molecular complexity index is 650. The molecule has 1 aliphatic rings. The van der Waals surface area contributed by atoms with Gasteiger partial charge in [0, 0.05) is 16.2 Å². The van der Waals surface area contributed by atoms with Crippen LogP contribution in [0.2, 0.25) is 0 Å². The molecule has 5 heteroatoms. The first-order valence-corrected chi connectivity index (χ1v) is 7.65. The van der Waals surface area contributed by atoms with Crippen molar-refractivity contribution in [1.29, 1.82) is 0 Å². The molecule has 2 aromatic carbocycles. The number of nitrogens with two attached hydrogens (primary N) is 1. The number of hydrogen-bond donors (Lipinski definition) is 1. The van der Waals surface area contributed by atoms with Crippen molar-refractivity contribution in [3.05, 3.63) is 53.8 Å². The van der Waals surface area contributed by atoms with Gasteiger partial charge >= 0.3 is 0 Å². The fraction of sp³-hybridized carbons (Fsp3) is 0.250. The standard InChI is InChI=1S/C16H16FNO2S/c1-19-12-7-6-10(17)8-11(12)16(18)14-9-21-15-5-3-2-4-13(15)20-14/h2-8,14,16H,9,18H2,1H3. The van der Waals surface area contributed by atoms with Gasteiger partial charge in [0.05, 0.1) is 13.2 Å². The zero-order valence-corrected chi connectivity index (χ0v) is 12.4. The van der Waals surface area contributed by atoms with Gasteiger partial charge in [0.15, 0.2) is 0 Å². The summed E-state index contributed by atoms with van der Waals surface area (Å²) in [5, 5.41) is 0. The molecule has 2 atom stereocenters. The number of benzene rings is 2. The molecule has 3 rings (SSSR count). The molecule has 0 amide bonds. The topological polar surface area (TPSA) is 44.5 Å². The van der Waals surface area contributed by atoms with E-state index in [1.165, 1.54) is 12.1 Å². The average Bonchev–Trinajstić information content (AvgIpc) is 2.53. The molecule has 0 aromatic heterocycles. The minimum Gasteiger partial charge on any atom is -0.496 e. The molecule has 1 aliphatic heterocycles. The van der Waals surface area contributed by atoms with Crippen molar-refractivity contribution in [3.63, 3.8) is 0 Å². The molecule has 110 valence electrons. The third-order valence-corrected chi connectivity index (χ3v) is 4.63. The van der Waals surface area contributed by atoms with Gasteiger partial charge in [0.1, 0.15) is 23.4 Å². The minimum atomic E-state index is -0.448. The SMILES string of the molecule is COc1ccc(F)cc1C(N)C1CSc2ccccc2O1. The molecule has 3 nitrogen and oxygen atoms in total. The maximum absolute atomic E-state index is 13.5. The highest BCUT2D eigenvalue weighted by Gasteiger charge is 2.28. The average molecular weight is 305 g/mol. The molecular weight excluding hydrogens is 289 g/mol. The molecule has 2 N–H and O–H groups in total. The first kappa shape index (κ1) is 14.2. The molecule has 0 saturated carbocycles. The quantitative estimate of drug-likeness (QED) is 0.944. The molecule has 21 heavy (non-hydrogen) atoms. The molecule has 0 bridgehead atoms. The van der Waals surface area contributed by atoms with Crippen molar-refractivity contribution in [1.82, 2.24) is 0 Å². The van der Waals surface area contributed by atoms with Gasteiger partial charge in [-0.1, -0.05) is 12.1 Å². The first-order valence-electron chi connectivity index (χ1n) is 6.66. The zero-order chi connectivity index (χ0) is 14.8. The summed E-state index contributed by atoms with van der Waals surface area (Å²) in [7, 11) is 1.55. The first-order chi connectivity index (χ1) is 10.2. The van der Waals surface area contributed by atoms with E-state index in [1.54, 1.807) is 24.9 Å². The van der Waals surface area contributed by atoms with E-state index < -0.39 is 6.04 Å². The third kappa shape index (κ3) is 2.84. The summed E-state index contributed by atoms with van der Waals surface area (Å²) in [5.41, 5.74) is 6.91. The Hall–Kier alpha value is -1.72. The Labute approximate surface area is 127 Å².